The van der Waals surface area contributed by atoms with Crippen molar-refractivity contribution < 1.29 is 45.7 Å². The zero-order chi connectivity index (χ0) is 20.2. The molecule has 10 heteroatoms. The Balaban J connectivity index is 2.55. The van der Waals surface area contributed by atoms with Crippen molar-refractivity contribution in [3.05, 3.63) is 12.2 Å². The summed E-state index contributed by atoms with van der Waals surface area (Å²) in [7, 11) is 0. The molecule has 1 unspecified atom stereocenters. The number of aliphatic hydroxyl groups is 1. The molecule has 0 radical (unpaired) electrons. The quantitative estimate of drug-likeness (QED) is 0.403. The highest BCUT2D eigenvalue weighted by molar-refractivity contribution is 5.88. The largest absolute Gasteiger partial charge is 0.459 e. The predicted molar refractivity (Wildman–Crippen MR) is 79.2 cm³/mol. The first-order chi connectivity index (χ1) is 11.8. The molecular formula is C16H22F6O4. The van der Waals surface area contributed by atoms with Crippen LogP contribution in [0.15, 0.2) is 12.2 Å². The third-order valence-corrected chi connectivity index (χ3v) is 4.18. The summed E-state index contributed by atoms with van der Waals surface area (Å²) < 4.78 is 85.8. The first-order valence-corrected chi connectivity index (χ1v) is 8.14. The van der Waals surface area contributed by atoms with Crippen LogP contribution >= 0.6 is 0 Å². The lowest BCUT2D eigenvalue weighted by Gasteiger charge is -2.34. The topological polar surface area (TPSA) is 55.8 Å². The highest BCUT2D eigenvalue weighted by atomic mass is 19.4. The van der Waals surface area contributed by atoms with Crippen molar-refractivity contribution >= 4 is 5.97 Å². The van der Waals surface area contributed by atoms with Gasteiger partial charge in [0, 0.05) is 6.42 Å². The molecule has 1 rings (SSSR count). The predicted octanol–water partition coefficient (Wildman–Crippen LogP) is 4.07. The van der Waals surface area contributed by atoms with Crippen molar-refractivity contribution in [1.29, 1.82) is 0 Å². The van der Waals surface area contributed by atoms with E-state index in [-0.39, 0.29) is 11.7 Å². The van der Waals surface area contributed by atoms with Crippen LogP contribution in [-0.2, 0) is 14.3 Å². The van der Waals surface area contributed by atoms with Crippen LogP contribution in [0, 0.1) is 0 Å². The molecule has 0 aliphatic heterocycles. The van der Waals surface area contributed by atoms with Crippen LogP contribution in [0.1, 0.15) is 45.4 Å². The van der Waals surface area contributed by atoms with E-state index in [1.165, 1.54) is 0 Å². The van der Waals surface area contributed by atoms with E-state index in [1.54, 1.807) is 0 Å². The molecule has 0 saturated heterocycles. The number of rotatable bonds is 7. The van der Waals surface area contributed by atoms with E-state index < -0.39 is 43.1 Å². The van der Waals surface area contributed by atoms with E-state index in [4.69, 9.17) is 14.6 Å². The lowest BCUT2D eigenvalue weighted by atomic mass is 9.95. The zero-order valence-corrected chi connectivity index (χ0v) is 14.3. The minimum Gasteiger partial charge on any atom is -0.459 e. The molecule has 1 aliphatic rings. The standard InChI is InChI=1S/C16H22F6O4/c1-10(13(23)26-12-6-4-3-5-7-12)9-25-11(2)8-14(24,15(17,18)19)16(20,21)22/h11-12,24H,1,3-9H2,2H3. The van der Waals surface area contributed by atoms with Crippen molar-refractivity contribution in [2.24, 2.45) is 0 Å². The summed E-state index contributed by atoms with van der Waals surface area (Å²) >= 11 is 0. The van der Waals surface area contributed by atoms with E-state index in [0.717, 1.165) is 26.2 Å². The molecular weight excluding hydrogens is 370 g/mol. The molecule has 152 valence electrons. The molecule has 0 heterocycles. The van der Waals surface area contributed by atoms with E-state index in [9.17, 15) is 31.1 Å². The number of carbonyl (C=O) groups excluding carboxylic acids is 1. The van der Waals surface area contributed by atoms with Gasteiger partial charge in [0.2, 0.25) is 0 Å². The molecule has 0 spiro atoms. The van der Waals surface area contributed by atoms with Gasteiger partial charge < -0.3 is 14.6 Å². The second-order valence-electron chi connectivity index (χ2n) is 6.45. The Kier molecular flexibility index (Phi) is 7.52. The fourth-order valence-corrected chi connectivity index (χ4v) is 2.59. The molecule has 0 amide bonds. The van der Waals surface area contributed by atoms with Gasteiger partial charge in [-0.3, -0.25) is 0 Å². The van der Waals surface area contributed by atoms with Crippen molar-refractivity contribution in [1.82, 2.24) is 0 Å². The number of hydrogen-bond donors (Lipinski definition) is 1. The van der Waals surface area contributed by atoms with E-state index in [2.05, 4.69) is 6.58 Å². The summed E-state index contributed by atoms with van der Waals surface area (Å²) in [5, 5.41) is 9.10. The van der Waals surface area contributed by atoms with Gasteiger partial charge in [-0.05, 0) is 32.6 Å². The normalized spacial score (nSPS) is 18.5. The van der Waals surface area contributed by atoms with Gasteiger partial charge in [-0.15, -0.1) is 0 Å². The van der Waals surface area contributed by atoms with Crippen LogP contribution in [0.25, 0.3) is 0 Å². The third-order valence-electron chi connectivity index (χ3n) is 4.18. The number of alkyl halides is 6. The highest BCUT2D eigenvalue weighted by Gasteiger charge is 2.70. The fraction of sp³-hybridized carbons (Fsp3) is 0.812. The van der Waals surface area contributed by atoms with E-state index in [1.807, 2.05) is 0 Å². The monoisotopic (exact) mass is 392 g/mol. The molecule has 4 nitrogen and oxygen atoms in total. The molecule has 0 aromatic heterocycles. The number of carbonyl (C=O) groups is 1. The van der Waals surface area contributed by atoms with Crippen molar-refractivity contribution in [3.63, 3.8) is 0 Å². The van der Waals surface area contributed by atoms with Gasteiger partial charge in [-0.25, -0.2) is 4.79 Å². The molecule has 1 fully saturated rings. The number of halogens is 6. The van der Waals surface area contributed by atoms with Gasteiger partial charge in [0.15, 0.2) is 0 Å². The summed E-state index contributed by atoms with van der Waals surface area (Å²) in [5.41, 5.74) is -5.12. The van der Waals surface area contributed by atoms with Gasteiger partial charge in [0.05, 0.1) is 18.3 Å². The van der Waals surface area contributed by atoms with Crippen LogP contribution < -0.4 is 0 Å². The molecule has 0 bridgehead atoms. The highest BCUT2D eigenvalue weighted by Crippen LogP contribution is 2.46. The Morgan fingerprint density at radius 2 is 1.62 bits per heavy atom. The SMILES string of the molecule is C=C(COC(C)CC(O)(C(F)(F)F)C(F)(F)F)C(=O)OC1CCCCC1. The van der Waals surface area contributed by atoms with Gasteiger partial charge in [-0.1, -0.05) is 13.0 Å². The summed E-state index contributed by atoms with van der Waals surface area (Å²) in [5.74, 6) is -0.800. The maximum atomic E-state index is 12.6. The smallest absolute Gasteiger partial charge is 0.426 e. The summed E-state index contributed by atoms with van der Waals surface area (Å²) in [4.78, 5) is 11.8. The maximum absolute atomic E-state index is 12.6. The number of hydrogen-bond acceptors (Lipinski definition) is 4. The summed E-state index contributed by atoms with van der Waals surface area (Å²) in [6, 6.07) is 0. The first kappa shape index (κ1) is 22.8. The second kappa shape index (κ2) is 8.60. The van der Waals surface area contributed by atoms with Crippen LogP contribution in [0.3, 0.4) is 0 Å². The first-order valence-electron chi connectivity index (χ1n) is 8.14. The summed E-state index contributed by atoms with van der Waals surface area (Å²) in [6.45, 7) is 3.71. The molecule has 0 aromatic carbocycles. The van der Waals surface area contributed by atoms with Crippen LogP contribution in [0.5, 0.6) is 0 Å². The molecule has 1 atom stereocenters. The molecule has 26 heavy (non-hydrogen) atoms. The third kappa shape index (κ3) is 5.87. The average Bonchev–Trinajstić information content (AvgIpc) is 2.51. The van der Waals surface area contributed by atoms with Gasteiger partial charge in [0.25, 0.3) is 5.60 Å². The summed E-state index contributed by atoms with van der Waals surface area (Å²) in [6.07, 6.45) is -11.3. The minimum absolute atomic E-state index is 0.218. The zero-order valence-electron chi connectivity index (χ0n) is 14.3. The molecule has 1 N–H and O–H groups in total. The molecule has 0 aromatic rings. The van der Waals surface area contributed by atoms with Crippen LogP contribution in [-0.4, -0.2) is 47.8 Å². The lowest BCUT2D eigenvalue weighted by Crippen LogP contribution is -2.58. The van der Waals surface area contributed by atoms with Crippen molar-refractivity contribution in [2.45, 2.75) is 75.6 Å². The Labute approximate surface area is 147 Å². The number of ether oxygens (including phenoxy) is 2. The fourth-order valence-electron chi connectivity index (χ4n) is 2.59. The van der Waals surface area contributed by atoms with Crippen molar-refractivity contribution in [2.75, 3.05) is 6.61 Å². The minimum atomic E-state index is -5.92. The Morgan fingerprint density at radius 3 is 2.08 bits per heavy atom. The Hall–Kier alpha value is -1.29. The second-order valence-corrected chi connectivity index (χ2v) is 6.45. The molecule has 1 saturated carbocycles. The van der Waals surface area contributed by atoms with Crippen LogP contribution in [0.2, 0.25) is 0 Å². The lowest BCUT2D eigenvalue weighted by molar-refractivity contribution is -0.374. The van der Waals surface area contributed by atoms with Gasteiger partial charge >= 0.3 is 18.3 Å². The average molecular weight is 392 g/mol. The Bertz CT molecular complexity index is 480. The number of esters is 1. The van der Waals surface area contributed by atoms with Gasteiger partial charge in [-0.2, -0.15) is 26.3 Å². The van der Waals surface area contributed by atoms with Crippen molar-refractivity contribution in [3.8, 4) is 0 Å². The Morgan fingerprint density at radius 1 is 1.12 bits per heavy atom. The van der Waals surface area contributed by atoms with Crippen LogP contribution in [0.4, 0.5) is 26.3 Å². The van der Waals surface area contributed by atoms with Gasteiger partial charge in [0.1, 0.15) is 6.10 Å². The maximum Gasteiger partial charge on any atom is 0.426 e. The van der Waals surface area contributed by atoms with E-state index >= 15 is 0 Å². The molecule has 1 aliphatic carbocycles. The van der Waals surface area contributed by atoms with E-state index in [0.29, 0.717) is 12.8 Å².